The first-order valence-electron chi connectivity index (χ1n) is 7.08. The van der Waals surface area contributed by atoms with Gasteiger partial charge in [-0.15, -0.1) is 0 Å². The average molecular weight is 538 g/mol. The van der Waals surface area contributed by atoms with Gasteiger partial charge in [0.15, 0.2) is 0 Å². The number of aromatic amines is 1. The van der Waals surface area contributed by atoms with E-state index in [0.717, 1.165) is 9.88 Å². The van der Waals surface area contributed by atoms with Crippen LogP contribution in [0.1, 0.15) is 5.56 Å². The van der Waals surface area contributed by atoms with Crippen LogP contribution in [0.25, 0.3) is 17.0 Å². The van der Waals surface area contributed by atoms with E-state index in [-0.39, 0.29) is 4.90 Å². The maximum Gasteiger partial charge on any atom is 0.267 e. The third-order valence-corrected chi connectivity index (χ3v) is 6.62. The number of halogens is 4. The molecule has 0 atom stereocenters. The van der Waals surface area contributed by atoms with Crippen molar-refractivity contribution in [2.75, 3.05) is 0 Å². The molecule has 3 aromatic rings. The van der Waals surface area contributed by atoms with Crippen LogP contribution in [0.2, 0.25) is 10.0 Å². The van der Waals surface area contributed by atoms with Gasteiger partial charge in [-0.05, 0) is 42.0 Å². The van der Waals surface area contributed by atoms with E-state index in [9.17, 15) is 13.2 Å². The third kappa shape index (κ3) is 4.07. The van der Waals surface area contributed by atoms with Crippen LogP contribution in [0.3, 0.4) is 0 Å². The van der Waals surface area contributed by atoms with E-state index in [1.165, 1.54) is 18.2 Å². The summed E-state index contributed by atoms with van der Waals surface area (Å²) >= 11 is 18.6. The molecule has 9 heteroatoms. The zero-order valence-electron chi connectivity index (χ0n) is 12.8. The monoisotopic (exact) mass is 535 g/mol. The Labute approximate surface area is 176 Å². The normalized spacial score (nSPS) is 12.2. The van der Waals surface area contributed by atoms with Crippen LogP contribution in [-0.4, -0.2) is 13.4 Å². The van der Waals surface area contributed by atoms with Crippen molar-refractivity contribution in [2.45, 2.75) is 4.90 Å². The van der Waals surface area contributed by atoms with Crippen molar-refractivity contribution < 1.29 is 8.42 Å². The maximum absolute atomic E-state index is 12.6. The number of benzene rings is 2. The summed E-state index contributed by atoms with van der Waals surface area (Å²) in [6, 6.07) is 9.50. The molecule has 0 spiro atoms. The van der Waals surface area contributed by atoms with Crippen LogP contribution >= 0.6 is 55.1 Å². The highest BCUT2D eigenvalue weighted by molar-refractivity contribution is 9.11. The fourth-order valence-electron chi connectivity index (χ4n) is 2.30. The van der Waals surface area contributed by atoms with Crippen LogP contribution in [0.15, 0.2) is 60.4 Å². The van der Waals surface area contributed by atoms with Crippen LogP contribution in [-0.2, 0) is 9.84 Å². The summed E-state index contributed by atoms with van der Waals surface area (Å²) < 4.78 is 26.7. The highest BCUT2D eigenvalue weighted by atomic mass is 79.9. The van der Waals surface area contributed by atoms with Gasteiger partial charge < -0.3 is 4.98 Å². The topological polar surface area (TPSA) is 67.0 Å². The lowest BCUT2D eigenvalue weighted by atomic mass is 10.2. The Kier molecular flexibility index (Phi) is 5.65. The van der Waals surface area contributed by atoms with Gasteiger partial charge in [-0.1, -0.05) is 61.1 Å². The highest BCUT2D eigenvalue weighted by Crippen LogP contribution is 2.28. The molecule has 0 aliphatic carbocycles. The standard InChI is InChI=1S/C17H9Br2Cl2NO3S/c18-10-5-13(19)12-8-16(17(23)22-15(12)6-10)26(24,25)4-3-9-1-2-11(20)7-14(9)21/h1-8H,(H,22,23)/b4-3+. The second-order valence-corrected chi connectivity index (χ2v) is 9.74. The Morgan fingerprint density at radius 1 is 1.04 bits per heavy atom. The van der Waals surface area contributed by atoms with Crippen molar-refractivity contribution in [1.82, 2.24) is 4.98 Å². The Hall–Kier alpha value is -1.12. The van der Waals surface area contributed by atoms with Gasteiger partial charge in [-0.3, -0.25) is 4.79 Å². The first-order chi connectivity index (χ1) is 12.2. The van der Waals surface area contributed by atoms with Gasteiger partial charge in [-0.2, -0.15) is 0 Å². The van der Waals surface area contributed by atoms with E-state index in [1.807, 2.05) is 0 Å². The number of nitrogens with one attached hydrogen (secondary N) is 1. The minimum Gasteiger partial charge on any atom is -0.321 e. The largest absolute Gasteiger partial charge is 0.321 e. The third-order valence-electron chi connectivity index (χ3n) is 3.54. The Morgan fingerprint density at radius 3 is 2.46 bits per heavy atom. The molecule has 1 aromatic heterocycles. The summed E-state index contributed by atoms with van der Waals surface area (Å²) in [5.41, 5.74) is 0.288. The van der Waals surface area contributed by atoms with Gasteiger partial charge in [0.2, 0.25) is 9.84 Å². The molecular formula is C17H9Br2Cl2NO3S. The predicted molar refractivity (Wildman–Crippen MR) is 113 cm³/mol. The SMILES string of the molecule is O=c1[nH]c2cc(Br)cc(Br)c2cc1S(=O)(=O)/C=C/c1ccc(Cl)cc1Cl. The number of hydrogen-bond acceptors (Lipinski definition) is 3. The molecule has 0 unspecified atom stereocenters. The van der Waals surface area contributed by atoms with Crippen molar-refractivity contribution in [1.29, 1.82) is 0 Å². The number of pyridine rings is 1. The molecule has 0 amide bonds. The molecule has 134 valence electrons. The van der Waals surface area contributed by atoms with Crippen LogP contribution in [0.5, 0.6) is 0 Å². The molecule has 2 aromatic carbocycles. The Morgan fingerprint density at radius 2 is 1.77 bits per heavy atom. The molecule has 1 N–H and O–H groups in total. The quantitative estimate of drug-likeness (QED) is 0.459. The summed E-state index contributed by atoms with van der Waals surface area (Å²) in [5, 5.41) is 2.27. The van der Waals surface area contributed by atoms with E-state index < -0.39 is 15.4 Å². The van der Waals surface area contributed by atoms with E-state index in [2.05, 4.69) is 36.8 Å². The summed E-state index contributed by atoms with van der Waals surface area (Å²) in [4.78, 5) is 14.5. The van der Waals surface area contributed by atoms with Gasteiger partial charge in [0.1, 0.15) is 4.90 Å². The van der Waals surface area contributed by atoms with E-state index in [1.54, 1.807) is 24.3 Å². The average Bonchev–Trinajstić information content (AvgIpc) is 2.53. The fourth-order valence-corrected chi connectivity index (χ4v) is 5.17. The van der Waals surface area contributed by atoms with Crippen molar-refractivity contribution in [2.24, 2.45) is 0 Å². The molecule has 1 heterocycles. The van der Waals surface area contributed by atoms with E-state index in [0.29, 0.717) is 31.0 Å². The lowest BCUT2D eigenvalue weighted by Crippen LogP contribution is -2.16. The van der Waals surface area contributed by atoms with Crippen molar-refractivity contribution in [3.63, 3.8) is 0 Å². The van der Waals surface area contributed by atoms with Gasteiger partial charge in [-0.25, -0.2) is 8.42 Å². The second-order valence-electron chi connectivity index (χ2n) is 5.33. The van der Waals surface area contributed by atoms with Gasteiger partial charge in [0.25, 0.3) is 5.56 Å². The second kappa shape index (κ2) is 7.48. The lowest BCUT2D eigenvalue weighted by molar-refractivity contribution is 0.603. The van der Waals surface area contributed by atoms with Crippen molar-refractivity contribution >= 4 is 81.9 Å². The molecule has 0 saturated carbocycles. The Balaban J connectivity index is 2.11. The van der Waals surface area contributed by atoms with E-state index >= 15 is 0 Å². The molecular weight excluding hydrogens is 529 g/mol. The number of H-pyrrole nitrogens is 1. The summed E-state index contributed by atoms with van der Waals surface area (Å²) in [7, 11) is -3.98. The number of aromatic nitrogens is 1. The fraction of sp³-hybridized carbons (Fsp3) is 0. The summed E-state index contributed by atoms with van der Waals surface area (Å²) in [6.45, 7) is 0. The molecule has 0 saturated heterocycles. The number of sulfone groups is 1. The first kappa shape index (κ1) is 19.6. The predicted octanol–water partition coefficient (Wildman–Crippen LogP) is 5.80. The zero-order chi connectivity index (χ0) is 19.1. The highest BCUT2D eigenvalue weighted by Gasteiger charge is 2.17. The van der Waals surface area contributed by atoms with E-state index in [4.69, 9.17) is 23.2 Å². The number of rotatable bonds is 3. The molecule has 0 fully saturated rings. The van der Waals surface area contributed by atoms with Crippen molar-refractivity contribution in [3.05, 3.63) is 76.7 Å². The molecule has 0 radical (unpaired) electrons. The zero-order valence-corrected chi connectivity index (χ0v) is 18.3. The molecule has 0 bridgehead atoms. The molecule has 3 rings (SSSR count). The van der Waals surface area contributed by atoms with Gasteiger partial charge in [0.05, 0.1) is 5.52 Å². The smallest absolute Gasteiger partial charge is 0.267 e. The summed E-state index contributed by atoms with van der Waals surface area (Å²) in [5.74, 6) is 0. The molecule has 4 nitrogen and oxygen atoms in total. The maximum atomic E-state index is 12.6. The molecule has 26 heavy (non-hydrogen) atoms. The minimum atomic E-state index is -3.98. The number of hydrogen-bond donors (Lipinski definition) is 1. The number of fused-ring (bicyclic) bond motifs is 1. The Bertz CT molecular complexity index is 1220. The van der Waals surface area contributed by atoms with Crippen LogP contribution < -0.4 is 5.56 Å². The van der Waals surface area contributed by atoms with Gasteiger partial charge in [0, 0.05) is 29.8 Å². The van der Waals surface area contributed by atoms with Crippen LogP contribution in [0, 0.1) is 0 Å². The van der Waals surface area contributed by atoms with Gasteiger partial charge >= 0.3 is 0 Å². The van der Waals surface area contributed by atoms with Crippen LogP contribution in [0.4, 0.5) is 0 Å². The van der Waals surface area contributed by atoms with Crippen molar-refractivity contribution in [3.8, 4) is 0 Å². The minimum absolute atomic E-state index is 0.309. The molecule has 0 aliphatic heterocycles. The molecule has 0 aliphatic rings. The lowest BCUT2D eigenvalue weighted by Gasteiger charge is -2.05. The summed E-state index contributed by atoms with van der Waals surface area (Å²) in [6.07, 6.45) is 1.33. The first-order valence-corrected chi connectivity index (χ1v) is 11.0.